The van der Waals surface area contributed by atoms with Gasteiger partial charge in [0.2, 0.25) is 15.0 Å². The van der Waals surface area contributed by atoms with Crippen LogP contribution in [0.1, 0.15) is 16.1 Å². The van der Waals surface area contributed by atoms with Crippen LogP contribution in [-0.2, 0) is 16.0 Å². The topological polar surface area (TPSA) is 97.2 Å². The standard InChI is InChI=1S/C13H9F3N2O4S/c1-23(21,22)12-17-9(6-10(18-12)13(14,15)16)7-4-2-3-5-8(7)11(19)20/h2-6H,1H3,(H,19,20). The van der Waals surface area contributed by atoms with Crippen LogP contribution in [0.4, 0.5) is 13.2 Å². The minimum Gasteiger partial charge on any atom is -0.478 e. The van der Waals surface area contributed by atoms with Crippen LogP contribution in [-0.4, -0.2) is 35.7 Å². The number of carbonyl (C=O) groups is 1. The molecule has 0 unspecified atom stereocenters. The Balaban J connectivity index is 2.81. The summed E-state index contributed by atoms with van der Waals surface area (Å²) in [5.74, 6) is -1.38. The highest BCUT2D eigenvalue weighted by molar-refractivity contribution is 7.90. The van der Waals surface area contributed by atoms with Crippen LogP contribution in [0.5, 0.6) is 0 Å². The summed E-state index contributed by atoms with van der Waals surface area (Å²) in [5, 5.41) is 8.08. The lowest BCUT2D eigenvalue weighted by atomic mass is 10.0. The number of sulfone groups is 1. The second-order valence-corrected chi connectivity index (χ2v) is 6.45. The third-order valence-electron chi connectivity index (χ3n) is 2.76. The predicted molar refractivity (Wildman–Crippen MR) is 72.5 cm³/mol. The van der Waals surface area contributed by atoms with Gasteiger partial charge < -0.3 is 5.11 Å². The molecule has 1 aromatic heterocycles. The van der Waals surface area contributed by atoms with Crippen molar-refractivity contribution in [2.45, 2.75) is 11.3 Å². The maximum Gasteiger partial charge on any atom is 0.433 e. The Morgan fingerprint density at radius 3 is 2.30 bits per heavy atom. The number of carboxylic acids is 1. The molecule has 1 aromatic carbocycles. The van der Waals surface area contributed by atoms with Crippen LogP contribution in [0.3, 0.4) is 0 Å². The fourth-order valence-electron chi connectivity index (χ4n) is 1.77. The molecule has 0 aliphatic carbocycles. The number of alkyl halides is 3. The highest BCUT2D eigenvalue weighted by Gasteiger charge is 2.35. The molecule has 2 aromatic rings. The van der Waals surface area contributed by atoms with Gasteiger partial charge in [-0.1, -0.05) is 18.2 Å². The summed E-state index contributed by atoms with van der Waals surface area (Å²) in [6, 6.07) is 5.70. The average Bonchev–Trinajstić information content (AvgIpc) is 2.45. The monoisotopic (exact) mass is 346 g/mol. The summed E-state index contributed by atoms with van der Waals surface area (Å²) in [6.07, 6.45) is -4.25. The molecule has 0 aliphatic heterocycles. The van der Waals surface area contributed by atoms with Gasteiger partial charge in [-0.05, 0) is 12.1 Å². The van der Waals surface area contributed by atoms with Crippen LogP contribution >= 0.6 is 0 Å². The van der Waals surface area contributed by atoms with E-state index >= 15 is 0 Å². The van der Waals surface area contributed by atoms with Crippen LogP contribution in [0.2, 0.25) is 0 Å². The zero-order valence-corrected chi connectivity index (χ0v) is 12.3. The predicted octanol–water partition coefficient (Wildman–Crippen LogP) is 2.26. The number of benzene rings is 1. The number of halogens is 3. The van der Waals surface area contributed by atoms with Crippen molar-refractivity contribution in [2.24, 2.45) is 0 Å². The van der Waals surface area contributed by atoms with E-state index in [1.165, 1.54) is 24.3 Å². The third kappa shape index (κ3) is 3.65. The molecule has 23 heavy (non-hydrogen) atoms. The summed E-state index contributed by atoms with van der Waals surface area (Å²) < 4.78 is 61.7. The van der Waals surface area contributed by atoms with Gasteiger partial charge in [0.1, 0.15) is 5.69 Å². The number of hydrogen-bond acceptors (Lipinski definition) is 5. The maximum atomic E-state index is 12.9. The summed E-state index contributed by atoms with van der Waals surface area (Å²) in [7, 11) is -4.12. The zero-order chi connectivity index (χ0) is 17.4. The van der Waals surface area contributed by atoms with Crippen molar-refractivity contribution in [2.75, 3.05) is 6.26 Å². The fraction of sp³-hybridized carbons (Fsp3) is 0.154. The van der Waals surface area contributed by atoms with E-state index in [-0.39, 0.29) is 11.1 Å². The van der Waals surface area contributed by atoms with Crippen molar-refractivity contribution >= 4 is 15.8 Å². The van der Waals surface area contributed by atoms with Crippen molar-refractivity contribution < 1.29 is 31.5 Å². The van der Waals surface area contributed by atoms with Crippen LogP contribution in [0, 0.1) is 0 Å². The minimum absolute atomic E-state index is 0.141. The Bertz CT molecular complexity index is 879. The molecule has 0 saturated heterocycles. The average molecular weight is 346 g/mol. The van der Waals surface area contributed by atoms with E-state index in [1.807, 2.05) is 0 Å². The fourth-order valence-corrected chi connectivity index (χ4v) is 2.30. The number of rotatable bonds is 3. The maximum absolute atomic E-state index is 12.9. The van der Waals surface area contributed by atoms with Gasteiger partial charge in [-0.3, -0.25) is 0 Å². The van der Waals surface area contributed by atoms with E-state index in [1.54, 1.807) is 0 Å². The van der Waals surface area contributed by atoms with Crippen molar-refractivity contribution in [3.63, 3.8) is 0 Å². The number of hydrogen-bond donors (Lipinski definition) is 1. The van der Waals surface area contributed by atoms with Gasteiger partial charge in [-0.25, -0.2) is 23.2 Å². The first kappa shape index (κ1) is 16.9. The summed E-state index contributed by atoms with van der Waals surface area (Å²) in [4.78, 5) is 17.7. The number of nitrogens with zero attached hydrogens (tertiary/aromatic N) is 2. The molecule has 0 spiro atoms. The van der Waals surface area contributed by atoms with E-state index in [0.29, 0.717) is 12.3 Å². The van der Waals surface area contributed by atoms with Crippen LogP contribution in [0.25, 0.3) is 11.3 Å². The molecule has 0 saturated carbocycles. The van der Waals surface area contributed by atoms with Gasteiger partial charge in [-0.15, -0.1) is 0 Å². The first-order chi connectivity index (χ1) is 10.5. The first-order valence-electron chi connectivity index (χ1n) is 5.99. The molecule has 0 radical (unpaired) electrons. The molecule has 6 nitrogen and oxygen atoms in total. The smallest absolute Gasteiger partial charge is 0.433 e. The largest absolute Gasteiger partial charge is 0.478 e. The molecule has 0 fully saturated rings. The molecule has 10 heteroatoms. The van der Waals surface area contributed by atoms with Crippen molar-refractivity contribution in [1.82, 2.24) is 9.97 Å². The second-order valence-electron chi connectivity index (χ2n) is 4.54. The number of aromatic nitrogens is 2. The molecular weight excluding hydrogens is 337 g/mol. The van der Waals surface area contributed by atoms with Gasteiger partial charge in [0.25, 0.3) is 0 Å². The lowest BCUT2D eigenvalue weighted by Crippen LogP contribution is -2.14. The van der Waals surface area contributed by atoms with E-state index in [0.717, 1.165) is 0 Å². The highest BCUT2D eigenvalue weighted by Crippen LogP contribution is 2.32. The Labute approximate surface area is 128 Å². The van der Waals surface area contributed by atoms with E-state index < -0.39 is 38.5 Å². The lowest BCUT2D eigenvalue weighted by Gasteiger charge is -2.11. The van der Waals surface area contributed by atoms with E-state index in [4.69, 9.17) is 5.11 Å². The second kappa shape index (κ2) is 5.61. The van der Waals surface area contributed by atoms with Crippen LogP contribution in [0.15, 0.2) is 35.5 Å². The minimum atomic E-state index is -4.91. The quantitative estimate of drug-likeness (QED) is 0.856. The summed E-state index contributed by atoms with van der Waals surface area (Å²) in [6.45, 7) is 0. The lowest BCUT2D eigenvalue weighted by molar-refractivity contribution is -0.141. The van der Waals surface area contributed by atoms with E-state index in [9.17, 15) is 26.4 Å². The highest BCUT2D eigenvalue weighted by atomic mass is 32.2. The SMILES string of the molecule is CS(=O)(=O)c1nc(-c2ccccc2C(=O)O)cc(C(F)(F)F)n1. The number of carboxylic acid groups (broad SMARTS) is 1. The van der Waals surface area contributed by atoms with Crippen LogP contribution < -0.4 is 0 Å². The van der Waals surface area contributed by atoms with Crippen molar-refractivity contribution in [1.29, 1.82) is 0 Å². The zero-order valence-electron chi connectivity index (χ0n) is 11.5. The Hall–Kier alpha value is -2.49. The van der Waals surface area contributed by atoms with Crippen molar-refractivity contribution in [3.8, 4) is 11.3 Å². The van der Waals surface area contributed by atoms with Gasteiger partial charge in [0.05, 0.1) is 11.3 Å². The molecule has 0 aliphatic rings. The molecule has 122 valence electrons. The first-order valence-corrected chi connectivity index (χ1v) is 7.88. The Morgan fingerprint density at radius 2 is 1.78 bits per heavy atom. The molecule has 1 N–H and O–H groups in total. The third-order valence-corrected chi connectivity index (χ3v) is 3.61. The van der Waals surface area contributed by atoms with Crippen molar-refractivity contribution in [3.05, 3.63) is 41.6 Å². The molecule has 0 atom stereocenters. The molecule has 0 bridgehead atoms. The Morgan fingerprint density at radius 1 is 1.17 bits per heavy atom. The van der Waals surface area contributed by atoms with Gasteiger partial charge in [0, 0.05) is 11.8 Å². The molecular formula is C13H9F3N2O4S. The van der Waals surface area contributed by atoms with Gasteiger partial charge >= 0.3 is 12.1 Å². The normalized spacial score (nSPS) is 12.2. The van der Waals surface area contributed by atoms with Gasteiger partial charge in [-0.2, -0.15) is 13.2 Å². The number of aromatic carboxylic acids is 1. The summed E-state index contributed by atoms with van der Waals surface area (Å²) in [5.41, 5.74) is -2.36. The Kier molecular flexibility index (Phi) is 4.12. The van der Waals surface area contributed by atoms with Gasteiger partial charge in [0.15, 0.2) is 0 Å². The molecule has 1 heterocycles. The van der Waals surface area contributed by atoms with E-state index in [2.05, 4.69) is 9.97 Å². The molecule has 0 amide bonds. The summed E-state index contributed by atoms with van der Waals surface area (Å²) >= 11 is 0. The molecule has 2 rings (SSSR count).